The summed E-state index contributed by atoms with van der Waals surface area (Å²) >= 11 is 0. The third-order valence-corrected chi connectivity index (χ3v) is 6.13. The van der Waals surface area contributed by atoms with Crippen LogP contribution in [0.15, 0.2) is 84.9 Å². The molecule has 0 atom stereocenters. The van der Waals surface area contributed by atoms with Crippen molar-refractivity contribution in [2.45, 2.75) is 12.8 Å². The number of benzene rings is 4. The van der Waals surface area contributed by atoms with Gasteiger partial charge in [-0.25, -0.2) is 0 Å². The molecule has 5 rings (SSSR count). The van der Waals surface area contributed by atoms with Gasteiger partial charge in [-0.1, -0.05) is 48.5 Å². The van der Waals surface area contributed by atoms with Crippen molar-refractivity contribution >= 4 is 39.9 Å². The molecule has 0 fully saturated rings. The van der Waals surface area contributed by atoms with Crippen LogP contribution in [-0.2, 0) is 6.42 Å². The second-order valence-electron chi connectivity index (χ2n) is 8.31. The molecule has 3 N–H and O–H groups in total. The fourth-order valence-corrected chi connectivity index (χ4v) is 4.35. The van der Waals surface area contributed by atoms with Gasteiger partial charge in [-0.2, -0.15) is 0 Å². The van der Waals surface area contributed by atoms with Gasteiger partial charge in [0.05, 0.1) is 11.4 Å². The average molecular weight is 450 g/mol. The smallest absolute Gasteiger partial charge is 0.261 e. The van der Waals surface area contributed by atoms with E-state index in [1.54, 1.807) is 36.4 Å². The van der Waals surface area contributed by atoms with Crippen LogP contribution < -0.4 is 11.1 Å². The van der Waals surface area contributed by atoms with Crippen LogP contribution in [0.5, 0.6) is 0 Å². The number of carbonyl (C=O) groups is 3. The lowest BCUT2D eigenvalue weighted by atomic mass is 9.94. The van der Waals surface area contributed by atoms with Crippen LogP contribution in [0.25, 0.3) is 10.8 Å². The Bertz CT molecular complexity index is 1380. The fraction of sp³-hybridized carbons (Fsp3) is 0.107. The Morgan fingerprint density at radius 1 is 0.794 bits per heavy atom. The number of nitrogen functional groups attached to an aromatic ring is 1. The summed E-state index contributed by atoms with van der Waals surface area (Å²) in [7, 11) is 0. The summed E-state index contributed by atoms with van der Waals surface area (Å²) in [4.78, 5) is 39.8. The molecule has 6 nitrogen and oxygen atoms in total. The molecule has 6 heteroatoms. The minimum Gasteiger partial charge on any atom is -0.397 e. The van der Waals surface area contributed by atoms with E-state index < -0.39 is 0 Å². The SMILES string of the molecule is Nc1ccccc1NC(=O)c1ccc(CCCN2C(=O)c3cccc4cccc(c34)C2=O)cc1. The molecule has 1 aliphatic heterocycles. The molecule has 0 unspecified atom stereocenters. The number of hydrogen-bond acceptors (Lipinski definition) is 4. The lowest BCUT2D eigenvalue weighted by Gasteiger charge is -2.27. The Hall–Kier alpha value is -4.45. The van der Waals surface area contributed by atoms with Crippen molar-refractivity contribution < 1.29 is 14.4 Å². The van der Waals surface area contributed by atoms with Gasteiger partial charge < -0.3 is 11.1 Å². The second kappa shape index (κ2) is 8.83. The Kier molecular flexibility index (Phi) is 5.55. The Morgan fingerprint density at radius 3 is 2.09 bits per heavy atom. The molecule has 0 aliphatic carbocycles. The number of rotatable bonds is 6. The maximum absolute atomic E-state index is 13.0. The number of hydrogen-bond donors (Lipinski definition) is 2. The zero-order chi connectivity index (χ0) is 23.7. The number of nitrogens with zero attached hydrogens (tertiary/aromatic N) is 1. The largest absolute Gasteiger partial charge is 0.397 e. The minimum absolute atomic E-state index is 0.234. The zero-order valence-electron chi connectivity index (χ0n) is 18.5. The number of imide groups is 1. The predicted octanol–water partition coefficient (Wildman–Crippen LogP) is 4.90. The topological polar surface area (TPSA) is 92.5 Å². The first-order valence-electron chi connectivity index (χ1n) is 11.2. The first-order chi connectivity index (χ1) is 16.5. The molecule has 168 valence electrons. The number of aryl methyl sites for hydroxylation is 1. The van der Waals surface area contributed by atoms with E-state index in [-0.39, 0.29) is 17.7 Å². The summed E-state index contributed by atoms with van der Waals surface area (Å²) in [5, 5.41) is 4.45. The van der Waals surface area contributed by atoms with Gasteiger partial charge in [-0.05, 0) is 60.2 Å². The van der Waals surface area contributed by atoms with Crippen LogP contribution in [0.3, 0.4) is 0 Å². The van der Waals surface area contributed by atoms with E-state index in [0.717, 1.165) is 16.3 Å². The normalized spacial score (nSPS) is 12.8. The summed E-state index contributed by atoms with van der Waals surface area (Å²) in [6, 6.07) is 25.5. The number of nitrogens with two attached hydrogens (primary N) is 1. The van der Waals surface area contributed by atoms with E-state index in [9.17, 15) is 14.4 Å². The van der Waals surface area contributed by atoms with Crippen molar-refractivity contribution in [2.24, 2.45) is 0 Å². The van der Waals surface area contributed by atoms with E-state index >= 15 is 0 Å². The molecule has 4 aromatic carbocycles. The molecule has 1 heterocycles. The van der Waals surface area contributed by atoms with Crippen LogP contribution in [-0.4, -0.2) is 29.2 Å². The molecular formula is C28H23N3O3. The van der Waals surface area contributed by atoms with Crippen LogP contribution in [0.4, 0.5) is 11.4 Å². The third-order valence-electron chi connectivity index (χ3n) is 6.13. The van der Waals surface area contributed by atoms with E-state index in [2.05, 4.69) is 5.32 Å². The average Bonchev–Trinajstić information content (AvgIpc) is 2.86. The lowest BCUT2D eigenvalue weighted by molar-refractivity contribution is 0.0608. The molecule has 34 heavy (non-hydrogen) atoms. The molecule has 0 saturated carbocycles. The van der Waals surface area contributed by atoms with Crippen LogP contribution in [0.1, 0.15) is 43.1 Å². The van der Waals surface area contributed by atoms with E-state index in [0.29, 0.717) is 47.5 Å². The predicted molar refractivity (Wildman–Crippen MR) is 133 cm³/mol. The van der Waals surface area contributed by atoms with Gasteiger partial charge in [0.15, 0.2) is 0 Å². The van der Waals surface area contributed by atoms with Gasteiger partial charge in [0.1, 0.15) is 0 Å². The monoisotopic (exact) mass is 449 g/mol. The summed E-state index contributed by atoms with van der Waals surface area (Å²) in [6.07, 6.45) is 1.30. The van der Waals surface area contributed by atoms with Crippen molar-refractivity contribution in [3.63, 3.8) is 0 Å². The minimum atomic E-state index is -0.249. The number of amides is 3. The van der Waals surface area contributed by atoms with Gasteiger partial charge in [-0.15, -0.1) is 0 Å². The van der Waals surface area contributed by atoms with Gasteiger partial charge >= 0.3 is 0 Å². The van der Waals surface area contributed by atoms with Crippen molar-refractivity contribution in [3.8, 4) is 0 Å². The molecule has 0 bridgehead atoms. The number of carbonyl (C=O) groups excluding carboxylic acids is 3. The van der Waals surface area contributed by atoms with Gasteiger partial charge in [-0.3, -0.25) is 19.3 Å². The highest BCUT2D eigenvalue weighted by Gasteiger charge is 2.32. The second-order valence-corrected chi connectivity index (χ2v) is 8.31. The van der Waals surface area contributed by atoms with Gasteiger partial charge in [0.25, 0.3) is 17.7 Å². The summed E-state index contributed by atoms with van der Waals surface area (Å²) in [5.41, 5.74) is 9.66. The highest BCUT2D eigenvalue weighted by molar-refractivity contribution is 6.25. The Labute approximate surface area is 197 Å². The van der Waals surface area contributed by atoms with E-state index in [4.69, 9.17) is 5.73 Å². The van der Waals surface area contributed by atoms with E-state index in [1.165, 1.54) is 4.90 Å². The van der Waals surface area contributed by atoms with E-state index in [1.807, 2.05) is 48.5 Å². The van der Waals surface area contributed by atoms with Crippen LogP contribution >= 0.6 is 0 Å². The fourth-order valence-electron chi connectivity index (χ4n) is 4.35. The summed E-state index contributed by atoms with van der Waals surface area (Å²) < 4.78 is 0. The van der Waals surface area contributed by atoms with Gasteiger partial charge in [0.2, 0.25) is 0 Å². The molecule has 4 aromatic rings. The lowest BCUT2D eigenvalue weighted by Crippen LogP contribution is -2.41. The molecular weight excluding hydrogens is 426 g/mol. The first-order valence-corrected chi connectivity index (χ1v) is 11.2. The van der Waals surface area contributed by atoms with Crippen molar-refractivity contribution in [1.82, 2.24) is 4.90 Å². The highest BCUT2D eigenvalue weighted by Crippen LogP contribution is 2.30. The van der Waals surface area contributed by atoms with Crippen molar-refractivity contribution in [1.29, 1.82) is 0 Å². The number of nitrogens with one attached hydrogen (secondary N) is 1. The van der Waals surface area contributed by atoms with Crippen LogP contribution in [0, 0.1) is 0 Å². The zero-order valence-corrected chi connectivity index (χ0v) is 18.5. The maximum atomic E-state index is 13.0. The summed E-state index contributed by atoms with van der Waals surface area (Å²) in [6.45, 7) is 0.331. The third kappa shape index (κ3) is 3.90. The number of para-hydroxylation sites is 2. The highest BCUT2D eigenvalue weighted by atomic mass is 16.2. The molecule has 0 saturated heterocycles. The Morgan fingerprint density at radius 2 is 1.44 bits per heavy atom. The molecule has 0 radical (unpaired) electrons. The maximum Gasteiger partial charge on any atom is 0.261 e. The molecule has 0 aromatic heterocycles. The number of anilines is 2. The van der Waals surface area contributed by atoms with Gasteiger partial charge in [0, 0.05) is 28.6 Å². The standard InChI is InChI=1S/C28H23N3O3/c29-23-11-1-2-12-24(23)30-26(32)20-15-13-18(14-16-20)6-5-17-31-27(33)21-9-3-7-19-8-4-10-22(25(19)21)28(31)34/h1-4,7-16H,5-6,17,29H2,(H,30,32). The quantitative estimate of drug-likeness (QED) is 0.323. The van der Waals surface area contributed by atoms with Crippen LogP contribution in [0.2, 0.25) is 0 Å². The van der Waals surface area contributed by atoms with Crippen molar-refractivity contribution in [3.05, 3.63) is 107 Å². The molecule has 3 amide bonds. The summed E-state index contributed by atoms with van der Waals surface area (Å²) in [5.74, 6) is -0.732. The molecule has 0 spiro atoms. The Balaban J connectivity index is 1.22. The first kappa shape index (κ1) is 21.4. The molecule has 1 aliphatic rings. The van der Waals surface area contributed by atoms with Crippen molar-refractivity contribution in [2.75, 3.05) is 17.6 Å².